The van der Waals surface area contributed by atoms with Crippen LogP contribution in [0.15, 0.2) is 90.5 Å². The number of ether oxygens (including phenoxy) is 4. The number of aliphatic hydroxyl groups excluding tert-OH is 1. The zero-order valence-electron chi connectivity index (χ0n) is 43.1. The largest absolute Gasteiger partial charge is 0.497 e. The van der Waals surface area contributed by atoms with Crippen LogP contribution in [-0.2, 0) is 26.5 Å². The molecule has 1 saturated heterocycles. The number of benzene rings is 3. The fourth-order valence-corrected chi connectivity index (χ4v) is 14.6. The van der Waals surface area contributed by atoms with Gasteiger partial charge in [0, 0.05) is 38.4 Å². The Kier molecular flexibility index (Phi) is 16.6. The first-order valence-electron chi connectivity index (χ1n) is 26.9. The lowest BCUT2D eigenvalue weighted by Gasteiger charge is -2.58. The van der Waals surface area contributed by atoms with Gasteiger partial charge in [-0.05, 0) is 145 Å². The summed E-state index contributed by atoms with van der Waals surface area (Å²) in [6.07, 6.45) is 17.7. The van der Waals surface area contributed by atoms with Gasteiger partial charge in [0.1, 0.15) is 23.2 Å². The van der Waals surface area contributed by atoms with Crippen LogP contribution in [0.2, 0.25) is 0 Å². The summed E-state index contributed by atoms with van der Waals surface area (Å²) in [6.45, 7) is 13.9. The number of amides is 2. The van der Waals surface area contributed by atoms with Crippen LogP contribution < -0.4 is 14.8 Å². The Morgan fingerprint density at radius 2 is 1.49 bits per heavy atom. The molecule has 4 aliphatic carbocycles. The maximum absolute atomic E-state index is 13.8. The van der Waals surface area contributed by atoms with Crippen LogP contribution in [0.5, 0.6) is 11.5 Å². The van der Waals surface area contributed by atoms with Crippen molar-refractivity contribution >= 4 is 12.0 Å². The second kappa shape index (κ2) is 22.4. The molecule has 0 aromatic heterocycles. The van der Waals surface area contributed by atoms with Crippen molar-refractivity contribution in [3.63, 3.8) is 0 Å². The number of methoxy groups -OCH3 is 2. The van der Waals surface area contributed by atoms with Crippen molar-refractivity contribution < 1.29 is 33.6 Å². The van der Waals surface area contributed by atoms with E-state index in [-0.39, 0.29) is 30.1 Å². The van der Waals surface area contributed by atoms with Crippen molar-refractivity contribution in [3.05, 3.63) is 107 Å². The molecule has 3 saturated carbocycles. The summed E-state index contributed by atoms with van der Waals surface area (Å²) in [5, 5.41) is 14.9. The van der Waals surface area contributed by atoms with Gasteiger partial charge in [-0.3, -0.25) is 4.79 Å². The van der Waals surface area contributed by atoms with Crippen LogP contribution in [-0.4, -0.2) is 68.1 Å². The van der Waals surface area contributed by atoms with Crippen molar-refractivity contribution in [1.29, 1.82) is 0 Å². The molecule has 3 aromatic carbocycles. The Balaban J connectivity index is 0.809. The third-order valence-corrected chi connectivity index (χ3v) is 18.4. The third kappa shape index (κ3) is 11.0. The average molecular weight is 945 g/mol. The molecule has 376 valence electrons. The first kappa shape index (κ1) is 51.0. The summed E-state index contributed by atoms with van der Waals surface area (Å²) >= 11 is 0. The highest BCUT2D eigenvalue weighted by Gasteiger charge is 2.59. The van der Waals surface area contributed by atoms with Crippen molar-refractivity contribution in [2.75, 3.05) is 33.9 Å². The van der Waals surface area contributed by atoms with E-state index in [1.54, 1.807) is 24.7 Å². The monoisotopic (exact) mass is 945 g/mol. The first-order valence-corrected chi connectivity index (χ1v) is 26.9. The van der Waals surface area contributed by atoms with Gasteiger partial charge < -0.3 is 34.3 Å². The molecule has 10 atom stereocenters. The smallest absolute Gasteiger partial charge is 0.407 e. The van der Waals surface area contributed by atoms with E-state index >= 15 is 0 Å². The number of hydrogen-bond donors (Lipinski definition) is 2. The number of aliphatic hydroxyl groups is 1. The van der Waals surface area contributed by atoms with Crippen molar-refractivity contribution in [3.8, 4) is 11.5 Å². The maximum Gasteiger partial charge on any atom is 0.407 e. The van der Waals surface area contributed by atoms with E-state index in [0.29, 0.717) is 49.5 Å². The summed E-state index contributed by atoms with van der Waals surface area (Å²) in [4.78, 5) is 28.8. The number of carbonyl (C=O) groups excluding carboxylic acids is 2. The fourth-order valence-electron chi connectivity index (χ4n) is 14.6. The molecule has 0 bridgehead atoms. The average Bonchev–Trinajstić information content (AvgIpc) is 3.93. The zero-order valence-corrected chi connectivity index (χ0v) is 43.1. The molecule has 2 amide bonds. The summed E-state index contributed by atoms with van der Waals surface area (Å²) < 4.78 is 24.2. The Morgan fingerprint density at radius 3 is 2.16 bits per heavy atom. The minimum absolute atomic E-state index is 0.00905. The third-order valence-electron chi connectivity index (χ3n) is 18.4. The topological polar surface area (TPSA) is 107 Å². The maximum atomic E-state index is 13.8. The molecule has 69 heavy (non-hydrogen) atoms. The minimum atomic E-state index is -1.10. The molecule has 9 nitrogen and oxygen atoms in total. The van der Waals surface area contributed by atoms with Crippen LogP contribution in [0, 0.1) is 52.3 Å². The van der Waals surface area contributed by atoms with Crippen LogP contribution in [0.4, 0.5) is 4.79 Å². The number of unbranched alkanes of at least 4 members (excludes halogenated alkanes) is 2. The van der Waals surface area contributed by atoms with Crippen LogP contribution in [0.3, 0.4) is 0 Å². The molecule has 4 fully saturated rings. The quantitative estimate of drug-likeness (QED) is 0.0858. The number of hydrogen-bond acceptors (Lipinski definition) is 7. The first-order chi connectivity index (χ1) is 33.3. The van der Waals surface area contributed by atoms with E-state index in [0.717, 1.165) is 84.3 Å². The van der Waals surface area contributed by atoms with Gasteiger partial charge in [-0.25, -0.2) is 4.79 Å². The molecule has 1 heterocycles. The Labute approximate surface area is 414 Å². The highest BCUT2D eigenvalue weighted by Crippen LogP contribution is 2.67. The highest BCUT2D eigenvalue weighted by atomic mass is 16.6. The van der Waals surface area contributed by atoms with Crippen molar-refractivity contribution in [2.24, 2.45) is 52.3 Å². The molecular weight excluding hydrogens is 861 g/mol. The molecule has 9 heteroatoms. The predicted molar refractivity (Wildman–Crippen MR) is 274 cm³/mol. The summed E-state index contributed by atoms with van der Waals surface area (Å²) in [5.41, 5.74) is 3.88. The molecule has 0 radical (unpaired) electrons. The molecule has 5 aliphatic rings. The second-order valence-electron chi connectivity index (χ2n) is 22.7. The lowest BCUT2D eigenvalue weighted by atomic mass is 9.47. The SMILES string of the molecule is COc1ccc(C(OCc2ccccc2)(c2ccc(OC)cc2)C2CN(C(=O)CCCCCNC(=O)OC3CCC4(C)C(=CCC5C4CCC4(C)C(C(C)CCCC(C)C)CCC54)C3)CC2O)cc1. The second-order valence-corrected chi connectivity index (χ2v) is 22.7. The number of likely N-dealkylation sites (tertiary alicyclic amines) is 1. The number of allylic oxidation sites excluding steroid dienone is 1. The van der Waals surface area contributed by atoms with E-state index in [4.69, 9.17) is 18.9 Å². The van der Waals surface area contributed by atoms with E-state index in [2.05, 4.69) is 46.0 Å². The number of nitrogens with one attached hydrogen (secondary N) is 1. The molecule has 2 N–H and O–H groups in total. The lowest BCUT2D eigenvalue weighted by Crippen LogP contribution is -2.51. The van der Waals surface area contributed by atoms with Gasteiger partial charge in [0.25, 0.3) is 0 Å². The van der Waals surface area contributed by atoms with Gasteiger partial charge in [-0.15, -0.1) is 0 Å². The molecule has 10 unspecified atom stereocenters. The number of carbonyl (C=O) groups is 2. The van der Waals surface area contributed by atoms with Crippen molar-refractivity contribution in [1.82, 2.24) is 10.2 Å². The molecule has 1 aliphatic heterocycles. The minimum Gasteiger partial charge on any atom is -0.497 e. The summed E-state index contributed by atoms with van der Waals surface area (Å²) in [6, 6.07) is 25.6. The van der Waals surface area contributed by atoms with Gasteiger partial charge >= 0.3 is 6.09 Å². The van der Waals surface area contributed by atoms with Gasteiger partial charge in [0.15, 0.2) is 0 Å². The van der Waals surface area contributed by atoms with Crippen LogP contribution in [0.1, 0.15) is 148 Å². The van der Waals surface area contributed by atoms with Gasteiger partial charge in [-0.1, -0.05) is 127 Å². The highest BCUT2D eigenvalue weighted by molar-refractivity contribution is 5.76. The zero-order chi connectivity index (χ0) is 48.8. The predicted octanol–water partition coefficient (Wildman–Crippen LogP) is 12.7. The van der Waals surface area contributed by atoms with Gasteiger partial charge in [0.05, 0.1) is 26.9 Å². The fraction of sp³-hybridized carbons (Fsp3) is 0.633. The molecular formula is C60H84N2O7. The number of β-amino-alcohol motifs (C(OH)–C–C–N with tert-alkyl or cyclic N) is 1. The Morgan fingerprint density at radius 1 is 0.797 bits per heavy atom. The number of fused-ring (bicyclic) bond motifs is 5. The normalized spacial score (nSPS) is 29.1. The van der Waals surface area contributed by atoms with Crippen molar-refractivity contribution in [2.45, 2.75) is 155 Å². The lowest BCUT2D eigenvalue weighted by molar-refractivity contribution is -0.131. The Hall–Kier alpha value is -4.34. The summed E-state index contributed by atoms with van der Waals surface area (Å²) in [5.74, 6) is 5.85. The Bertz CT molecular complexity index is 2130. The number of rotatable bonds is 20. The number of alkyl carbamates (subject to hydrolysis) is 1. The van der Waals surface area contributed by atoms with E-state index < -0.39 is 17.6 Å². The number of nitrogens with zero attached hydrogens (tertiary/aromatic N) is 1. The molecule has 8 rings (SSSR count). The molecule has 3 aromatic rings. The standard InChI is InChI=1S/C60H84N2O7/c1-41(2)15-14-16-42(3)51-30-31-52-50-29-24-46-37-49(32-34-58(46,4)53(50)33-35-59(51,52)5)69-57(65)61-36-13-9-12-19-56(64)62-38-54(55(63)39-62)60(44-20-25-47(66-6)26-21-44,45-22-27-48(67-7)28-23-45)68-40-43-17-10-8-11-18-43/h8,10-11,17-18,20-28,41-42,49-55,63H,9,12-16,19,29-40H2,1-7H3,(H,61,65). The van der Waals surface area contributed by atoms with E-state index in [1.165, 1.54) is 51.4 Å². The summed E-state index contributed by atoms with van der Waals surface area (Å²) in [7, 11) is 3.28. The molecule has 0 spiro atoms. The van der Waals surface area contributed by atoms with Gasteiger partial charge in [-0.2, -0.15) is 0 Å². The van der Waals surface area contributed by atoms with E-state index in [1.807, 2.05) is 78.9 Å². The van der Waals surface area contributed by atoms with E-state index in [9.17, 15) is 14.7 Å². The van der Waals surface area contributed by atoms with Crippen LogP contribution in [0.25, 0.3) is 0 Å². The van der Waals surface area contributed by atoms with Gasteiger partial charge in [0.2, 0.25) is 5.91 Å². The van der Waals surface area contributed by atoms with Crippen LogP contribution >= 0.6 is 0 Å².